The molecular weight excluding hydrogens is 202 g/mol. The number of carboxylic acids is 1. The molecule has 3 nitrogen and oxygen atoms in total. The molecule has 0 rings (SSSR count). The molecule has 0 bridgehead atoms. The van der Waals surface area contributed by atoms with Gasteiger partial charge in [-0.15, -0.1) is 0 Å². The van der Waals surface area contributed by atoms with Gasteiger partial charge in [0.05, 0.1) is 5.41 Å². The van der Waals surface area contributed by atoms with Gasteiger partial charge in [0.2, 0.25) is 0 Å². The van der Waals surface area contributed by atoms with Gasteiger partial charge in [0.25, 0.3) is 0 Å². The van der Waals surface area contributed by atoms with Gasteiger partial charge in [-0.1, -0.05) is 20.3 Å². The van der Waals surface area contributed by atoms with Crippen LogP contribution < -0.4 is 5.32 Å². The van der Waals surface area contributed by atoms with Crippen LogP contribution in [0.25, 0.3) is 0 Å². The third-order valence-corrected chi connectivity index (χ3v) is 3.77. The summed E-state index contributed by atoms with van der Waals surface area (Å²) < 4.78 is 0. The minimum Gasteiger partial charge on any atom is -0.481 e. The predicted molar refractivity (Wildman–Crippen MR) is 67.6 cm³/mol. The summed E-state index contributed by atoms with van der Waals surface area (Å²) in [5, 5.41) is 12.6. The molecule has 3 heteroatoms. The molecule has 0 amide bonds. The summed E-state index contributed by atoms with van der Waals surface area (Å²) in [6.45, 7) is 12.7. The molecule has 96 valence electrons. The monoisotopic (exact) mass is 229 g/mol. The maximum Gasteiger partial charge on any atom is 0.310 e. The van der Waals surface area contributed by atoms with Crippen LogP contribution in [-0.4, -0.2) is 23.2 Å². The number of hydrogen-bond acceptors (Lipinski definition) is 2. The minimum absolute atomic E-state index is 0.402. The first-order valence-corrected chi connectivity index (χ1v) is 6.13. The maximum absolute atomic E-state index is 11.2. The molecule has 0 saturated carbocycles. The molecule has 0 radical (unpaired) electrons. The standard InChI is InChI=1S/C13H27NO2/c1-7-8-10(2)9-14-13(5,6)12(3,4)11(15)16/h10,14H,7-9H2,1-6H3,(H,15,16). The Bertz CT molecular complexity index is 234. The Morgan fingerprint density at radius 2 is 1.81 bits per heavy atom. The summed E-state index contributed by atoms with van der Waals surface area (Å²) in [5.41, 5.74) is -1.17. The van der Waals surface area contributed by atoms with Crippen molar-refractivity contribution in [2.24, 2.45) is 11.3 Å². The largest absolute Gasteiger partial charge is 0.481 e. The van der Waals surface area contributed by atoms with E-state index in [1.807, 2.05) is 13.8 Å². The molecule has 1 unspecified atom stereocenters. The number of carboxylic acid groups (broad SMARTS) is 1. The SMILES string of the molecule is CCCC(C)CNC(C)(C)C(C)(C)C(=O)O. The van der Waals surface area contributed by atoms with Crippen molar-refractivity contribution < 1.29 is 9.90 Å². The van der Waals surface area contributed by atoms with Crippen molar-refractivity contribution in [3.8, 4) is 0 Å². The molecule has 0 fully saturated rings. The average Bonchev–Trinajstić information content (AvgIpc) is 2.15. The zero-order valence-electron chi connectivity index (χ0n) is 11.6. The summed E-state index contributed by atoms with van der Waals surface area (Å²) in [7, 11) is 0. The van der Waals surface area contributed by atoms with Crippen LogP contribution in [0.1, 0.15) is 54.4 Å². The van der Waals surface area contributed by atoms with E-state index in [2.05, 4.69) is 19.2 Å². The number of rotatable bonds is 7. The molecule has 0 saturated heterocycles. The summed E-state index contributed by atoms with van der Waals surface area (Å²) in [6, 6.07) is 0. The summed E-state index contributed by atoms with van der Waals surface area (Å²) in [5.74, 6) is -0.165. The fourth-order valence-corrected chi connectivity index (χ4v) is 1.51. The molecule has 2 N–H and O–H groups in total. The number of carbonyl (C=O) groups is 1. The first kappa shape index (κ1) is 15.4. The molecule has 0 heterocycles. The van der Waals surface area contributed by atoms with Crippen LogP contribution in [0.3, 0.4) is 0 Å². The second kappa shape index (κ2) is 5.67. The van der Waals surface area contributed by atoms with Gasteiger partial charge in [-0.05, 0) is 46.6 Å². The first-order valence-electron chi connectivity index (χ1n) is 6.13. The number of aliphatic carboxylic acids is 1. The maximum atomic E-state index is 11.2. The van der Waals surface area contributed by atoms with Crippen molar-refractivity contribution in [1.29, 1.82) is 0 Å². The second-order valence-electron chi connectivity index (χ2n) is 5.83. The molecule has 0 aliphatic heterocycles. The highest BCUT2D eigenvalue weighted by molar-refractivity contribution is 5.75. The molecule has 1 atom stereocenters. The van der Waals surface area contributed by atoms with Crippen molar-refractivity contribution in [1.82, 2.24) is 5.32 Å². The summed E-state index contributed by atoms with van der Waals surface area (Å²) >= 11 is 0. The third kappa shape index (κ3) is 3.78. The van der Waals surface area contributed by atoms with E-state index in [0.717, 1.165) is 6.54 Å². The van der Waals surface area contributed by atoms with Crippen molar-refractivity contribution in [3.63, 3.8) is 0 Å². The van der Waals surface area contributed by atoms with E-state index >= 15 is 0 Å². The summed E-state index contributed by atoms with van der Waals surface area (Å²) in [6.07, 6.45) is 2.35. The predicted octanol–water partition coefficient (Wildman–Crippen LogP) is 2.90. The number of nitrogens with one attached hydrogen (secondary N) is 1. The van der Waals surface area contributed by atoms with Crippen LogP contribution in [0, 0.1) is 11.3 Å². The van der Waals surface area contributed by atoms with Gasteiger partial charge in [0.1, 0.15) is 0 Å². The van der Waals surface area contributed by atoms with Crippen molar-refractivity contribution in [2.75, 3.05) is 6.54 Å². The Morgan fingerprint density at radius 1 is 1.31 bits per heavy atom. The fraction of sp³-hybridized carbons (Fsp3) is 0.923. The highest BCUT2D eigenvalue weighted by atomic mass is 16.4. The van der Waals surface area contributed by atoms with Gasteiger partial charge in [-0.25, -0.2) is 0 Å². The van der Waals surface area contributed by atoms with Crippen molar-refractivity contribution in [3.05, 3.63) is 0 Å². The Hall–Kier alpha value is -0.570. The summed E-state index contributed by atoms with van der Waals surface area (Å²) in [4.78, 5) is 11.2. The van der Waals surface area contributed by atoms with Gasteiger partial charge >= 0.3 is 5.97 Å². The zero-order chi connectivity index (χ0) is 13.0. The molecule has 0 spiro atoms. The van der Waals surface area contributed by atoms with Gasteiger partial charge < -0.3 is 10.4 Å². The minimum atomic E-state index is -0.765. The number of hydrogen-bond donors (Lipinski definition) is 2. The fourth-order valence-electron chi connectivity index (χ4n) is 1.51. The molecule has 16 heavy (non-hydrogen) atoms. The van der Waals surface area contributed by atoms with Crippen LogP contribution in [0.5, 0.6) is 0 Å². The lowest BCUT2D eigenvalue weighted by Gasteiger charge is -2.39. The van der Waals surface area contributed by atoms with Crippen LogP contribution in [0.4, 0.5) is 0 Å². The second-order valence-corrected chi connectivity index (χ2v) is 5.83. The van der Waals surface area contributed by atoms with Crippen LogP contribution in [-0.2, 0) is 4.79 Å². The van der Waals surface area contributed by atoms with E-state index in [-0.39, 0.29) is 0 Å². The van der Waals surface area contributed by atoms with Crippen molar-refractivity contribution >= 4 is 5.97 Å². The average molecular weight is 229 g/mol. The van der Waals surface area contributed by atoms with Crippen LogP contribution in [0.2, 0.25) is 0 Å². The first-order chi connectivity index (χ1) is 7.15. The topological polar surface area (TPSA) is 49.3 Å². The highest BCUT2D eigenvalue weighted by Crippen LogP contribution is 2.30. The van der Waals surface area contributed by atoms with E-state index < -0.39 is 16.9 Å². The van der Waals surface area contributed by atoms with E-state index in [1.165, 1.54) is 12.8 Å². The quantitative estimate of drug-likeness (QED) is 0.705. The van der Waals surface area contributed by atoms with Gasteiger partial charge in [-0.3, -0.25) is 4.79 Å². The van der Waals surface area contributed by atoms with Crippen LogP contribution >= 0.6 is 0 Å². The van der Waals surface area contributed by atoms with Crippen molar-refractivity contribution in [2.45, 2.75) is 59.9 Å². The van der Waals surface area contributed by atoms with E-state index in [1.54, 1.807) is 13.8 Å². The van der Waals surface area contributed by atoms with Gasteiger partial charge in [-0.2, -0.15) is 0 Å². The highest BCUT2D eigenvalue weighted by Gasteiger charge is 2.43. The molecule has 0 aromatic carbocycles. The third-order valence-electron chi connectivity index (χ3n) is 3.77. The molecular formula is C13H27NO2. The molecule has 0 aromatic rings. The molecule has 0 aliphatic rings. The lowest BCUT2D eigenvalue weighted by atomic mass is 9.74. The van der Waals surface area contributed by atoms with Gasteiger partial charge in [0, 0.05) is 5.54 Å². The Balaban J connectivity index is 4.40. The van der Waals surface area contributed by atoms with Crippen LogP contribution in [0.15, 0.2) is 0 Å². The Morgan fingerprint density at radius 3 is 2.19 bits per heavy atom. The lowest BCUT2D eigenvalue weighted by Crippen LogP contribution is -2.55. The Labute approximate surface area is 99.6 Å². The molecule has 0 aromatic heterocycles. The van der Waals surface area contributed by atoms with E-state index in [4.69, 9.17) is 0 Å². The normalized spacial score (nSPS) is 14.9. The van der Waals surface area contributed by atoms with E-state index in [9.17, 15) is 9.90 Å². The lowest BCUT2D eigenvalue weighted by molar-refractivity contribution is -0.151. The smallest absolute Gasteiger partial charge is 0.310 e. The Kier molecular flexibility index (Phi) is 5.47. The molecule has 0 aliphatic carbocycles. The van der Waals surface area contributed by atoms with E-state index in [0.29, 0.717) is 5.92 Å². The van der Waals surface area contributed by atoms with Gasteiger partial charge in [0.15, 0.2) is 0 Å². The zero-order valence-corrected chi connectivity index (χ0v) is 11.6.